The highest BCUT2D eigenvalue weighted by molar-refractivity contribution is 5.80. The number of likely N-dealkylation sites (N-methyl/N-ethyl adjacent to an activating group) is 1. The summed E-state index contributed by atoms with van der Waals surface area (Å²) in [5, 5.41) is 7.21. The maximum atomic E-state index is 12.1. The number of aryl methyl sites for hydroxylation is 1. The summed E-state index contributed by atoms with van der Waals surface area (Å²) in [5.74, 6) is 0.612. The van der Waals surface area contributed by atoms with Gasteiger partial charge in [0, 0.05) is 26.7 Å². The van der Waals surface area contributed by atoms with Gasteiger partial charge in [0.25, 0.3) is 0 Å². The van der Waals surface area contributed by atoms with Crippen molar-refractivity contribution in [1.82, 2.24) is 20.0 Å². The molecule has 1 aliphatic carbocycles. The normalized spacial score (nSPS) is 24.8. The first-order valence-corrected chi connectivity index (χ1v) is 8.17. The van der Waals surface area contributed by atoms with Gasteiger partial charge in [0.05, 0.1) is 24.4 Å². The number of carbonyl (C=O) groups excluding carboxylic acids is 2. The molecule has 0 unspecified atom stereocenters. The van der Waals surface area contributed by atoms with Crippen LogP contribution >= 0.6 is 0 Å². The largest absolute Gasteiger partial charge is 0.371 e. The molecule has 1 aliphatic heterocycles. The van der Waals surface area contributed by atoms with E-state index in [1.54, 1.807) is 22.8 Å². The number of hydrogen-bond acceptors (Lipinski definition) is 4. The molecule has 1 aromatic rings. The van der Waals surface area contributed by atoms with E-state index in [1.807, 2.05) is 13.1 Å². The van der Waals surface area contributed by atoms with E-state index in [0.29, 0.717) is 25.4 Å². The van der Waals surface area contributed by atoms with Crippen molar-refractivity contribution in [2.75, 3.05) is 20.3 Å². The lowest BCUT2D eigenvalue weighted by Crippen LogP contribution is -2.52. The van der Waals surface area contributed by atoms with Gasteiger partial charge in [-0.15, -0.1) is 0 Å². The number of amides is 2. The van der Waals surface area contributed by atoms with Crippen molar-refractivity contribution in [3.63, 3.8) is 0 Å². The first-order chi connectivity index (χ1) is 11.1. The van der Waals surface area contributed by atoms with E-state index in [-0.39, 0.29) is 30.5 Å². The van der Waals surface area contributed by atoms with E-state index in [2.05, 4.69) is 10.4 Å². The highest BCUT2D eigenvalue weighted by Gasteiger charge is 2.37. The fourth-order valence-electron chi connectivity index (χ4n) is 3.12. The molecule has 0 spiro atoms. The van der Waals surface area contributed by atoms with E-state index in [1.165, 1.54) is 12.8 Å². The Balaban J connectivity index is 1.64. The van der Waals surface area contributed by atoms with E-state index < -0.39 is 0 Å². The zero-order chi connectivity index (χ0) is 16.4. The molecule has 1 N–H and O–H groups in total. The smallest absolute Gasteiger partial charge is 0.246 e. The van der Waals surface area contributed by atoms with Crippen LogP contribution in [-0.4, -0.2) is 52.8 Å². The quantitative estimate of drug-likeness (QED) is 0.834. The summed E-state index contributed by atoms with van der Waals surface area (Å²) >= 11 is 0. The Morgan fingerprint density at radius 3 is 2.83 bits per heavy atom. The lowest BCUT2D eigenvalue weighted by molar-refractivity contribution is -0.138. The fraction of sp³-hybridized carbons (Fsp3) is 0.688. The van der Waals surface area contributed by atoms with Crippen molar-refractivity contribution in [1.29, 1.82) is 0 Å². The van der Waals surface area contributed by atoms with Crippen LogP contribution in [0.2, 0.25) is 0 Å². The van der Waals surface area contributed by atoms with Crippen LogP contribution in [0.1, 0.15) is 37.4 Å². The summed E-state index contributed by atoms with van der Waals surface area (Å²) in [4.78, 5) is 25.9. The van der Waals surface area contributed by atoms with Gasteiger partial charge in [-0.3, -0.25) is 14.3 Å². The van der Waals surface area contributed by atoms with E-state index in [0.717, 1.165) is 5.69 Å². The van der Waals surface area contributed by atoms with Gasteiger partial charge in [-0.1, -0.05) is 0 Å². The summed E-state index contributed by atoms with van der Waals surface area (Å²) in [7, 11) is 3.63. The van der Waals surface area contributed by atoms with Gasteiger partial charge in [-0.05, 0) is 31.2 Å². The zero-order valence-electron chi connectivity index (χ0n) is 13.7. The highest BCUT2D eigenvalue weighted by atomic mass is 16.5. The molecule has 2 atom stereocenters. The molecule has 3 rings (SSSR count). The Morgan fingerprint density at radius 2 is 2.17 bits per heavy atom. The van der Waals surface area contributed by atoms with Crippen molar-refractivity contribution in [3.05, 3.63) is 18.0 Å². The number of ether oxygens (including phenoxy) is 1. The van der Waals surface area contributed by atoms with Crippen molar-refractivity contribution in [3.8, 4) is 0 Å². The molecular formula is C16H24N4O3. The van der Waals surface area contributed by atoms with Crippen LogP contribution in [-0.2, 0) is 21.4 Å². The average molecular weight is 320 g/mol. The predicted molar refractivity (Wildman–Crippen MR) is 83.4 cm³/mol. The SMILES string of the molecule is CN1C(=O)CC[C@@H](NC(=O)COCC2CC2)[C@@H]1c1ccnn1C. The van der Waals surface area contributed by atoms with Crippen LogP contribution in [0.5, 0.6) is 0 Å². The molecule has 23 heavy (non-hydrogen) atoms. The predicted octanol–water partition coefficient (Wildman–Crippen LogP) is 0.625. The molecule has 7 heteroatoms. The molecule has 2 aliphatic rings. The Labute approximate surface area is 136 Å². The van der Waals surface area contributed by atoms with Gasteiger partial charge in [-0.2, -0.15) is 5.10 Å². The van der Waals surface area contributed by atoms with Crippen molar-refractivity contribution < 1.29 is 14.3 Å². The maximum absolute atomic E-state index is 12.1. The second-order valence-electron chi connectivity index (χ2n) is 6.50. The summed E-state index contributed by atoms with van der Waals surface area (Å²) in [6.07, 6.45) is 5.20. The molecule has 2 amide bonds. The highest BCUT2D eigenvalue weighted by Crippen LogP contribution is 2.30. The third kappa shape index (κ3) is 3.72. The molecule has 1 saturated heterocycles. The standard InChI is InChI=1S/C16H24N4O3/c1-19-15(22)6-5-12(16(19)13-7-8-17-20(13)2)18-14(21)10-23-9-11-3-4-11/h7-8,11-12,16H,3-6,9-10H2,1-2H3,(H,18,21)/t12-,16-/m1/s1. The number of piperidine rings is 1. The number of carbonyl (C=O) groups is 2. The Kier molecular flexibility index (Phi) is 4.66. The molecule has 0 bridgehead atoms. The number of aromatic nitrogens is 2. The number of hydrogen-bond donors (Lipinski definition) is 1. The topological polar surface area (TPSA) is 76.5 Å². The number of nitrogens with zero attached hydrogens (tertiary/aromatic N) is 3. The molecule has 2 fully saturated rings. The molecule has 0 radical (unpaired) electrons. The summed E-state index contributed by atoms with van der Waals surface area (Å²) < 4.78 is 7.20. The lowest BCUT2D eigenvalue weighted by atomic mass is 9.93. The minimum atomic E-state index is -0.198. The average Bonchev–Trinajstić information content (AvgIpc) is 3.24. The van der Waals surface area contributed by atoms with Gasteiger partial charge < -0.3 is 15.0 Å². The van der Waals surface area contributed by atoms with Crippen LogP contribution in [0.4, 0.5) is 0 Å². The van der Waals surface area contributed by atoms with Gasteiger partial charge in [0.2, 0.25) is 11.8 Å². The van der Waals surface area contributed by atoms with Gasteiger partial charge in [0.1, 0.15) is 6.61 Å². The Bertz CT molecular complexity index is 582. The third-order valence-electron chi connectivity index (χ3n) is 4.65. The molecular weight excluding hydrogens is 296 g/mol. The molecule has 2 heterocycles. The zero-order valence-corrected chi connectivity index (χ0v) is 13.7. The summed E-state index contributed by atoms with van der Waals surface area (Å²) in [5.41, 5.74) is 0.921. The Hall–Kier alpha value is -1.89. The summed E-state index contributed by atoms with van der Waals surface area (Å²) in [6.45, 7) is 0.754. The van der Waals surface area contributed by atoms with E-state index >= 15 is 0 Å². The van der Waals surface area contributed by atoms with Crippen LogP contribution in [0.3, 0.4) is 0 Å². The van der Waals surface area contributed by atoms with Gasteiger partial charge in [-0.25, -0.2) is 0 Å². The number of nitrogens with one attached hydrogen (secondary N) is 1. The minimum Gasteiger partial charge on any atom is -0.371 e. The van der Waals surface area contributed by atoms with Crippen LogP contribution in [0, 0.1) is 5.92 Å². The lowest BCUT2D eigenvalue weighted by Gasteiger charge is -2.39. The Morgan fingerprint density at radius 1 is 1.39 bits per heavy atom. The maximum Gasteiger partial charge on any atom is 0.246 e. The number of likely N-dealkylation sites (tertiary alicyclic amines) is 1. The minimum absolute atomic E-state index is 0.0861. The van der Waals surface area contributed by atoms with Crippen molar-refractivity contribution in [2.45, 2.75) is 37.8 Å². The fourth-order valence-corrected chi connectivity index (χ4v) is 3.12. The summed E-state index contributed by atoms with van der Waals surface area (Å²) in [6, 6.07) is 1.57. The number of rotatable bonds is 6. The van der Waals surface area contributed by atoms with E-state index in [9.17, 15) is 9.59 Å². The molecule has 0 aromatic carbocycles. The molecule has 7 nitrogen and oxygen atoms in total. The van der Waals surface area contributed by atoms with Gasteiger partial charge in [0.15, 0.2) is 0 Å². The monoisotopic (exact) mass is 320 g/mol. The molecule has 1 aromatic heterocycles. The van der Waals surface area contributed by atoms with Crippen LogP contribution in [0.15, 0.2) is 12.3 Å². The second kappa shape index (κ2) is 6.70. The first-order valence-electron chi connectivity index (χ1n) is 8.17. The second-order valence-corrected chi connectivity index (χ2v) is 6.50. The van der Waals surface area contributed by atoms with Gasteiger partial charge >= 0.3 is 0 Å². The molecule has 126 valence electrons. The third-order valence-corrected chi connectivity index (χ3v) is 4.65. The van der Waals surface area contributed by atoms with Crippen LogP contribution < -0.4 is 5.32 Å². The van der Waals surface area contributed by atoms with Crippen LogP contribution in [0.25, 0.3) is 0 Å². The van der Waals surface area contributed by atoms with Crippen molar-refractivity contribution in [2.24, 2.45) is 13.0 Å². The molecule has 1 saturated carbocycles. The first kappa shape index (κ1) is 16.0. The van der Waals surface area contributed by atoms with Crippen molar-refractivity contribution >= 4 is 11.8 Å². The van der Waals surface area contributed by atoms with E-state index in [4.69, 9.17) is 4.74 Å².